The molecule has 3 heterocycles. The molecule has 5 heteroatoms. The van der Waals surface area contributed by atoms with Gasteiger partial charge in [0.15, 0.2) is 0 Å². The number of imidazole rings is 1. The van der Waals surface area contributed by atoms with Crippen LogP contribution in [0, 0.1) is 5.92 Å². The first-order valence-corrected chi connectivity index (χ1v) is 8.66. The summed E-state index contributed by atoms with van der Waals surface area (Å²) < 4.78 is 7.68. The van der Waals surface area contributed by atoms with Crippen molar-refractivity contribution in [2.45, 2.75) is 25.4 Å². The van der Waals surface area contributed by atoms with Crippen LogP contribution in [-0.4, -0.2) is 27.7 Å². The van der Waals surface area contributed by atoms with Crippen LogP contribution < -0.4 is 5.32 Å². The fourth-order valence-electron chi connectivity index (χ4n) is 3.72. The van der Waals surface area contributed by atoms with Gasteiger partial charge in [0.2, 0.25) is 0 Å². The van der Waals surface area contributed by atoms with E-state index in [1.54, 1.807) is 0 Å². The Kier molecular flexibility index (Phi) is 4.36. The summed E-state index contributed by atoms with van der Waals surface area (Å²) in [5.74, 6) is 1.67. The number of nitrogens with one attached hydrogen (secondary N) is 2. The van der Waals surface area contributed by atoms with Crippen LogP contribution >= 0.6 is 0 Å². The highest BCUT2D eigenvalue weighted by Crippen LogP contribution is 2.30. The van der Waals surface area contributed by atoms with Crippen molar-refractivity contribution in [2.75, 3.05) is 13.2 Å². The van der Waals surface area contributed by atoms with Crippen LogP contribution in [0.15, 0.2) is 42.9 Å². The quantitative estimate of drug-likeness (QED) is 0.758. The monoisotopic (exact) mass is 324 g/mol. The zero-order chi connectivity index (χ0) is 16.4. The topological polar surface area (TPSA) is 54.9 Å². The third kappa shape index (κ3) is 2.97. The molecular formula is C19H24N4O. The Bertz CT molecular complexity index is 800. The number of aromatic nitrogens is 3. The molecule has 2 aromatic heterocycles. The Morgan fingerprint density at radius 1 is 1.33 bits per heavy atom. The highest BCUT2D eigenvalue weighted by atomic mass is 16.5. The van der Waals surface area contributed by atoms with Crippen molar-refractivity contribution in [3.8, 4) is 0 Å². The van der Waals surface area contributed by atoms with Crippen LogP contribution in [0.1, 0.15) is 30.3 Å². The number of benzene rings is 1. The standard InChI is InChI=1S/C19H24N4O/c1-23-10-9-21-19(23)18(14-6-11-24-12-7-14)22-13-15-3-2-4-17-16(15)5-8-20-17/h2-5,8-10,14,18,20,22H,6-7,11-13H2,1H3/t18-/m1/s1. The third-order valence-electron chi connectivity index (χ3n) is 5.07. The maximum atomic E-state index is 5.55. The van der Waals surface area contributed by atoms with Gasteiger partial charge in [-0.1, -0.05) is 12.1 Å². The average molecular weight is 324 g/mol. The van der Waals surface area contributed by atoms with Crippen molar-refractivity contribution in [2.24, 2.45) is 13.0 Å². The zero-order valence-electron chi connectivity index (χ0n) is 14.0. The number of aromatic amines is 1. The van der Waals surface area contributed by atoms with E-state index in [0.717, 1.165) is 38.4 Å². The molecule has 1 aromatic carbocycles. The fourth-order valence-corrected chi connectivity index (χ4v) is 3.72. The summed E-state index contributed by atoms with van der Waals surface area (Å²) in [5.41, 5.74) is 2.51. The van der Waals surface area contributed by atoms with Crippen LogP contribution in [-0.2, 0) is 18.3 Å². The summed E-state index contributed by atoms with van der Waals surface area (Å²) in [6.45, 7) is 2.53. The second-order valence-electron chi connectivity index (χ2n) is 6.56. The summed E-state index contributed by atoms with van der Waals surface area (Å²) in [7, 11) is 2.07. The molecule has 24 heavy (non-hydrogen) atoms. The van der Waals surface area contributed by atoms with E-state index in [9.17, 15) is 0 Å². The number of nitrogens with zero attached hydrogens (tertiary/aromatic N) is 2. The Hall–Kier alpha value is -2.11. The molecular weight excluding hydrogens is 300 g/mol. The highest BCUT2D eigenvalue weighted by Gasteiger charge is 2.27. The molecule has 126 valence electrons. The minimum atomic E-state index is 0.253. The lowest BCUT2D eigenvalue weighted by atomic mass is 9.90. The minimum absolute atomic E-state index is 0.253. The van der Waals surface area contributed by atoms with E-state index in [4.69, 9.17) is 4.74 Å². The van der Waals surface area contributed by atoms with Gasteiger partial charge in [0.05, 0.1) is 6.04 Å². The number of hydrogen-bond acceptors (Lipinski definition) is 3. The van der Waals surface area contributed by atoms with E-state index in [1.165, 1.54) is 16.5 Å². The lowest BCUT2D eigenvalue weighted by Gasteiger charge is -2.31. The van der Waals surface area contributed by atoms with Crippen LogP contribution in [0.5, 0.6) is 0 Å². The van der Waals surface area contributed by atoms with Gasteiger partial charge in [-0.05, 0) is 36.5 Å². The number of ether oxygens (including phenoxy) is 1. The van der Waals surface area contributed by atoms with Crippen LogP contribution in [0.4, 0.5) is 0 Å². The molecule has 1 atom stereocenters. The molecule has 1 aliphatic rings. The molecule has 0 amide bonds. The Morgan fingerprint density at radius 3 is 3.00 bits per heavy atom. The van der Waals surface area contributed by atoms with Crippen molar-refractivity contribution in [3.63, 3.8) is 0 Å². The molecule has 2 N–H and O–H groups in total. The molecule has 1 fully saturated rings. The van der Waals surface area contributed by atoms with Gasteiger partial charge in [0, 0.05) is 56.3 Å². The van der Waals surface area contributed by atoms with E-state index in [-0.39, 0.29) is 6.04 Å². The summed E-state index contributed by atoms with van der Waals surface area (Å²) in [6.07, 6.45) is 8.08. The van der Waals surface area contributed by atoms with Crippen LogP contribution in [0.3, 0.4) is 0 Å². The number of fused-ring (bicyclic) bond motifs is 1. The summed E-state index contributed by atoms with van der Waals surface area (Å²) in [4.78, 5) is 7.90. The van der Waals surface area contributed by atoms with Gasteiger partial charge in [0.1, 0.15) is 5.82 Å². The largest absolute Gasteiger partial charge is 0.381 e. The van der Waals surface area contributed by atoms with Crippen molar-refractivity contribution < 1.29 is 4.74 Å². The minimum Gasteiger partial charge on any atom is -0.381 e. The van der Waals surface area contributed by atoms with Crippen LogP contribution in [0.25, 0.3) is 10.9 Å². The SMILES string of the molecule is Cn1ccnc1[C@H](NCc1cccc2[nH]ccc12)C1CCOCC1. The molecule has 4 rings (SSSR count). The third-order valence-corrected chi connectivity index (χ3v) is 5.07. The summed E-state index contributed by atoms with van der Waals surface area (Å²) in [5, 5.41) is 5.07. The molecule has 0 bridgehead atoms. The van der Waals surface area contributed by atoms with E-state index in [1.807, 2.05) is 18.6 Å². The first kappa shape index (κ1) is 15.4. The first-order chi connectivity index (χ1) is 11.8. The molecule has 5 nitrogen and oxygen atoms in total. The van der Waals surface area contributed by atoms with Gasteiger partial charge < -0.3 is 19.6 Å². The maximum Gasteiger partial charge on any atom is 0.125 e. The predicted molar refractivity (Wildman–Crippen MR) is 94.6 cm³/mol. The predicted octanol–water partition coefficient (Wildman–Crippen LogP) is 3.16. The van der Waals surface area contributed by atoms with Gasteiger partial charge in [-0.3, -0.25) is 0 Å². The van der Waals surface area contributed by atoms with E-state index < -0.39 is 0 Å². The molecule has 1 saturated heterocycles. The van der Waals surface area contributed by atoms with Gasteiger partial charge in [-0.2, -0.15) is 0 Å². The smallest absolute Gasteiger partial charge is 0.125 e. The molecule has 0 unspecified atom stereocenters. The average Bonchev–Trinajstić information content (AvgIpc) is 3.26. The zero-order valence-corrected chi connectivity index (χ0v) is 14.0. The lowest BCUT2D eigenvalue weighted by Crippen LogP contribution is -2.33. The van der Waals surface area contributed by atoms with Crippen LogP contribution in [0.2, 0.25) is 0 Å². The molecule has 0 saturated carbocycles. The summed E-state index contributed by atoms with van der Waals surface area (Å²) >= 11 is 0. The van der Waals surface area contributed by atoms with E-state index >= 15 is 0 Å². The number of H-pyrrole nitrogens is 1. The van der Waals surface area contributed by atoms with E-state index in [0.29, 0.717) is 5.92 Å². The number of rotatable bonds is 5. The second-order valence-corrected chi connectivity index (χ2v) is 6.56. The van der Waals surface area contributed by atoms with Gasteiger partial charge in [-0.25, -0.2) is 4.98 Å². The Balaban J connectivity index is 1.57. The molecule has 0 aliphatic carbocycles. The van der Waals surface area contributed by atoms with Crippen molar-refractivity contribution in [1.82, 2.24) is 19.9 Å². The number of hydrogen-bond donors (Lipinski definition) is 2. The molecule has 1 aliphatic heterocycles. The lowest BCUT2D eigenvalue weighted by molar-refractivity contribution is 0.0518. The molecule has 3 aromatic rings. The molecule has 0 radical (unpaired) electrons. The maximum absolute atomic E-state index is 5.55. The van der Waals surface area contributed by atoms with Crippen molar-refractivity contribution in [3.05, 3.63) is 54.2 Å². The Morgan fingerprint density at radius 2 is 2.21 bits per heavy atom. The molecule has 0 spiro atoms. The normalized spacial score (nSPS) is 17.4. The second kappa shape index (κ2) is 6.79. The van der Waals surface area contributed by atoms with Gasteiger partial charge in [0.25, 0.3) is 0 Å². The number of aryl methyl sites for hydroxylation is 1. The summed E-state index contributed by atoms with van der Waals surface area (Å²) in [6, 6.07) is 8.83. The van der Waals surface area contributed by atoms with Crippen molar-refractivity contribution >= 4 is 10.9 Å². The first-order valence-electron chi connectivity index (χ1n) is 8.66. The Labute approximate surface area is 142 Å². The highest BCUT2D eigenvalue weighted by molar-refractivity contribution is 5.82. The fraction of sp³-hybridized carbons (Fsp3) is 0.421. The van der Waals surface area contributed by atoms with Crippen molar-refractivity contribution in [1.29, 1.82) is 0 Å². The van der Waals surface area contributed by atoms with Gasteiger partial charge >= 0.3 is 0 Å². The van der Waals surface area contributed by atoms with Gasteiger partial charge in [-0.15, -0.1) is 0 Å². The van der Waals surface area contributed by atoms with E-state index in [2.05, 4.69) is 51.2 Å².